The third kappa shape index (κ3) is 5.37. The van der Waals surface area contributed by atoms with Gasteiger partial charge in [0, 0.05) is 21.4 Å². The number of hydrogen-bond acceptors (Lipinski definition) is 4. The summed E-state index contributed by atoms with van der Waals surface area (Å²) in [5.41, 5.74) is 4.57. The van der Waals surface area contributed by atoms with Gasteiger partial charge in [0.2, 0.25) is 5.91 Å². The molecule has 0 aliphatic carbocycles. The molecular weight excluding hydrogens is 403 g/mol. The van der Waals surface area contributed by atoms with Gasteiger partial charge in [-0.15, -0.1) is 11.8 Å². The van der Waals surface area contributed by atoms with Crippen LogP contribution in [0.4, 0.5) is 4.39 Å². The maximum absolute atomic E-state index is 13.0. The molecule has 2 amide bonds. The number of hydrogen-bond donors (Lipinski definition) is 2. The fraction of sp³-hybridized carbons (Fsp3) is 0.100. The number of nitrogens with one attached hydrogen (secondary N) is 2. The van der Waals surface area contributed by atoms with Crippen molar-refractivity contribution in [2.75, 3.05) is 12.4 Å². The first-order valence-electron chi connectivity index (χ1n) is 8.29. The summed E-state index contributed by atoms with van der Waals surface area (Å²) in [6, 6.07) is 16.8. The second-order valence-electron chi connectivity index (χ2n) is 5.73. The largest absolute Gasteiger partial charge is 0.484 e. The first kappa shape index (κ1) is 20.0. The van der Waals surface area contributed by atoms with Crippen molar-refractivity contribution in [1.29, 1.82) is 0 Å². The normalized spacial score (nSPS) is 10.5. The summed E-state index contributed by atoms with van der Waals surface area (Å²) in [6.07, 6.45) is 0. The SMILES string of the molecule is O=C(COc1cccc(F)c1)NNC(=O)CSc1cccc2cccc(Cl)c12. The summed E-state index contributed by atoms with van der Waals surface area (Å²) < 4.78 is 18.2. The van der Waals surface area contributed by atoms with Crippen molar-refractivity contribution in [1.82, 2.24) is 10.9 Å². The van der Waals surface area contributed by atoms with Crippen molar-refractivity contribution in [3.63, 3.8) is 0 Å². The van der Waals surface area contributed by atoms with Crippen LogP contribution in [0.3, 0.4) is 0 Å². The highest BCUT2D eigenvalue weighted by Gasteiger charge is 2.10. The molecule has 0 unspecified atom stereocenters. The van der Waals surface area contributed by atoms with E-state index in [1.54, 1.807) is 6.07 Å². The molecule has 144 valence electrons. The third-order valence-electron chi connectivity index (χ3n) is 3.68. The fourth-order valence-corrected chi connectivity index (χ4v) is 3.69. The van der Waals surface area contributed by atoms with Gasteiger partial charge >= 0.3 is 0 Å². The Labute approximate surface area is 170 Å². The number of carbonyl (C=O) groups is 2. The van der Waals surface area contributed by atoms with Crippen LogP contribution in [0.1, 0.15) is 0 Å². The first-order chi connectivity index (χ1) is 13.5. The number of hydrazine groups is 1. The van der Waals surface area contributed by atoms with E-state index in [9.17, 15) is 14.0 Å². The molecule has 28 heavy (non-hydrogen) atoms. The standard InChI is InChI=1S/C20H16ClFN2O3S/c21-16-8-1-4-13-5-2-9-17(20(13)16)28-12-19(26)24-23-18(25)11-27-15-7-3-6-14(22)10-15/h1-10H,11-12H2,(H,23,25)(H,24,26). The second kappa shape index (κ2) is 9.43. The van der Waals surface area contributed by atoms with E-state index in [0.717, 1.165) is 21.7 Å². The summed E-state index contributed by atoms with van der Waals surface area (Å²) in [5, 5.41) is 2.49. The van der Waals surface area contributed by atoms with E-state index in [1.807, 2.05) is 30.3 Å². The summed E-state index contributed by atoms with van der Waals surface area (Å²) in [4.78, 5) is 24.6. The van der Waals surface area contributed by atoms with Gasteiger partial charge in [0.05, 0.1) is 5.75 Å². The van der Waals surface area contributed by atoms with E-state index in [0.29, 0.717) is 5.02 Å². The molecule has 0 saturated carbocycles. The summed E-state index contributed by atoms with van der Waals surface area (Å²) >= 11 is 7.58. The van der Waals surface area contributed by atoms with Gasteiger partial charge in [-0.2, -0.15) is 0 Å². The molecule has 0 heterocycles. The molecule has 2 N–H and O–H groups in total. The lowest BCUT2D eigenvalue weighted by molar-refractivity contribution is -0.128. The Morgan fingerprint density at radius 3 is 2.50 bits per heavy atom. The Bertz CT molecular complexity index is 1010. The number of halogens is 2. The zero-order valence-corrected chi connectivity index (χ0v) is 16.1. The van der Waals surface area contributed by atoms with Crippen molar-refractivity contribution in [2.45, 2.75) is 4.90 Å². The fourth-order valence-electron chi connectivity index (χ4n) is 2.44. The Morgan fingerprint density at radius 1 is 1.00 bits per heavy atom. The van der Waals surface area contributed by atoms with Crippen LogP contribution in [-0.4, -0.2) is 24.2 Å². The molecule has 0 radical (unpaired) electrons. The maximum Gasteiger partial charge on any atom is 0.276 e. The Morgan fingerprint density at radius 2 is 1.71 bits per heavy atom. The van der Waals surface area contributed by atoms with Crippen molar-refractivity contribution < 1.29 is 18.7 Å². The van der Waals surface area contributed by atoms with Gasteiger partial charge in [-0.3, -0.25) is 20.4 Å². The number of amides is 2. The molecule has 0 fully saturated rings. The summed E-state index contributed by atoms with van der Waals surface area (Å²) in [7, 11) is 0. The average molecular weight is 419 g/mol. The molecule has 0 aromatic heterocycles. The van der Waals surface area contributed by atoms with E-state index < -0.39 is 11.7 Å². The van der Waals surface area contributed by atoms with E-state index in [1.165, 1.54) is 30.0 Å². The van der Waals surface area contributed by atoms with Gasteiger partial charge in [0.15, 0.2) is 6.61 Å². The number of ether oxygens (including phenoxy) is 1. The predicted octanol–water partition coefficient (Wildman–Crippen LogP) is 3.95. The lowest BCUT2D eigenvalue weighted by Gasteiger charge is -2.10. The van der Waals surface area contributed by atoms with Crippen molar-refractivity contribution in [3.8, 4) is 5.75 Å². The highest BCUT2D eigenvalue weighted by Crippen LogP contribution is 2.32. The molecule has 0 saturated heterocycles. The molecule has 3 aromatic rings. The second-order valence-corrected chi connectivity index (χ2v) is 7.15. The topological polar surface area (TPSA) is 67.4 Å². The molecule has 3 rings (SSSR count). The Kier molecular flexibility index (Phi) is 6.73. The minimum absolute atomic E-state index is 0.0926. The average Bonchev–Trinajstić information content (AvgIpc) is 2.69. The third-order valence-corrected chi connectivity index (χ3v) is 5.05. The molecular formula is C20H16ClFN2O3S. The molecule has 0 aliphatic rings. The Balaban J connectivity index is 1.47. The van der Waals surface area contributed by atoms with E-state index in [4.69, 9.17) is 16.3 Å². The number of benzene rings is 3. The summed E-state index contributed by atoms with van der Waals surface area (Å²) in [5.74, 6) is -1.08. The van der Waals surface area contributed by atoms with Crippen LogP contribution < -0.4 is 15.6 Å². The smallest absolute Gasteiger partial charge is 0.276 e. The van der Waals surface area contributed by atoms with Gasteiger partial charge in [-0.05, 0) is 29.7 Å². The molecule has 8 heteroatoms. The number of thioether (sulfide) groups is 1. The quantitative estimate of drug-likeness (QED) is 0.470. The van der Waals surface area contributed by atoms with Crippen molar-refractivity contribution in [2.24, 2.45) is 0 Å². The lowest BCUT2D eigenvalue weighted by atomic mass is 10.1. The predicted molar refractivity (Wildman–Crippen MR) is 108 cm³/mol. The van der Waals surface area contributed by atoms with Crippen LogP contribution in [0.25, 0.3) is 10.8 Å². The van der Waals surface area contributed by atoms with Gasteiger partial charge in [0.25, 0.3) is 5.91 Å². The highest BCUT2D eigenvalue weighted by molar-refractivity contribution is 8.00. The maximum atomic E-state index is 13.0. The monoisotopic (exact) mass is 418 g/mol. The van der Waals surface area contributed by atoms with Gasteiger partial charge in [-0.1, -0.05) is 41.9 Å². The van der Waals surface area contributed by atoms with Crippen LogP contribution in [0.2, 0.25) is 5.02 Å². The molecule has 5 nitrogen and oxygen atoms in total. The van der Waals surface area contributed by atoms with Crippen LogP contribution in [0.5, 0.6) is 5.75 Å². The minimum atomic E-state index is -0.559. The molecule has 0 aliphatic heterocycles. The first-order valence-corrected chi connectivity index (χ1v) is 9.65. The zero-order chi connectivity index (χ0) is 19.9. The van der Waals surface area contributed by atoms with Crippen LogP contribution in [0, 0.1) is 5.82 Å². The minimum Gasteiger partial charge on any atom is -0.484 e. The van der Waals surface area contributed by atoms with Crippen molar-refractivity contribution in [3.05, 3.63) is 71.5 Å². The van der Waals surface area contributed by atoms with Crippen LogP contribution >= 0.6 is 23.4 Å². The van der Waals surface area contributed by atoms with Crippen molar-refractivity contribution >= 4 is 45.9 Å². The number of rotatable bonds is 6. The van der Waals surface area contributed by atoms with E-state index in [-0.39, 0.29) is 24.0 Å². The van der Waals surface area contributed by atoms with Gasteiger partial charge in [0.1, 0.15) is 11.6 Å². The summed E-state index contributed by atoms with van der Waals surface area (Å²) in [6.45, 7) is -0.351. The Hall–Kier alpha value is -2.77. The lowest BCUT2D eigenvalue weighted by Crippen LogP contribution is -2.44. The highest BCUT2D eigenvalue weighted by atomic mass is 35.5. The van der Waals surface area contributed by atoms with E-state index >= 15 is 0 Å². The number of fused-ring (bicyclic) bond motifs is 1. The van der Waals surface area contributed by atoms with Crippen LogP contribution in [0.15, 0.2) is 65.6 Å². The molecule has 0 spiro atoms. The molecule has 0 atom stereocenters. The molecule has 3 aromatic carbocycles. The van der Waals surface area contributed by atoms with Crippen LogP contribution in [-0.2, 0) is 9.59 Å². The zero-order valence-electron chi connectivity index (χ0n) is 14.6. The molecule has 0 bridgehead atoms. The van der Waals surface area contributed by atoms with Gasteiger partial charge in [-0.25, -0.2) is 4.39 Å². The number of carbonyl (C=O) groups excluding carboxylic acids is 2. The van der Waals surface area contributed by atoms with E-state index in [2.05, 4.69) is 10.9 Å². The van der Waals surface area contributed by atoms with Gasteiger partial charge < -0.3 is 4.74 Å².